The molecule has 1 heterocycles. The molecule has 7 heteroatoms. The van der Waals surface area contributed by atoms with Gasteiger partial charge in [-0.1, -0.05) is 20.3 Å². The van der Waals surface area contributed by atoms with Gasteiger partial charge in [0.2, 0.25) is 11.8 Å². The lowest BCUT2D eigenvalue weighted by Gasteiger charge is -2.36. The summed E-state index contributed by atoms with van der Waals surface area (Å²) in [6.45, 7) is 4.26. The first-order chi connectivity index (χ1) is 13.0. The molecule has 0 spiro atoms. The van der Waals surface area contributed by atoms with Crippen molar-refractivity contribution in [3.05, 3.63) is 23.8 Å². The molecule has 0 radical (unpaired) electrons. The highest BCUT2D eigenvalue weighted by Gasteiger charge is 2.40. The summed E-state index contributed by atoms with van der Waals surface area (Å²) in [6, 6.07) is 5.06. The van der Waals surface area contributed by atoms with E-state index in [4.69, 9.17) is 0 Å². The first-order valence-electron chi connectivity index (χ1n) is 9.69. The van der Waals surface area contributed by atoms with E-state index in [1.54, 1.807) is 11.0 Å². The van der Waals surface area contributed by atoms with Gasteiger partial charge >= 0.3 is 5.97 Å². The topological polar surface area (TPSA) is 90.0 Å². The Hall–Kier alpha value is -2.41. The van der Waals surface area contributed by atoms with Crippen LogP contribution in [0.5, 0.6) is 0 Å². The molecule has 2 N–H and O–H groups in total. The summed E-state index contributed by atoms with van der Waals surface area (Å²) in [4.78, 5) is 40.1. The van der Waals surface area contributed by atoms with Gasteiger partial charge in [-0.05, 0) is 43.9 Å². The number of nitrogens with zero attached hydrogens (tertiary/aromatic N) is 2. The molecule has 7 nitrogen and oxygen atoms in total. The van der Waals surface area contributed by atoms with Gasteiger partial charge in [-0.2, -0.15) is 0 Å². The van der Waals surface area contributed by atoms with Gasteiger partial charge in [-0.25, -0.2) is 4.79 Å². The van der Waals surface area contributed by atoms with Gasteiger partial charge in [0.1, 0.15) is 6.54 Å². The van der Waals surface area contributed by atoms with Crippen LogP contribution in [0.1, 0.15) is 56.3 Å². The summed E-state index contributed by atoms with van der Waals surface area (Å²) in [7, 11) is 0. The van der Waals surface area contributed by atoms with Crippen LogP contribution in [-0.2, 0) is 9.59 Å². The Bertz CT molecular complexity index is 745. The number of benzene rings is 1. The number of aromatic carboxylic acids is 1. The van der Waals surface area contributed by atoms with Crippen molar-refractivity contribution in [1.82, 2.24) is 5.32 Å². The monoisotopic (exact) mass is 373 g/mol. The van der Waals surface area contributed by atoms with Gasteiger partial charge in [0, 0.05) is 12.1 Å². The van der Waals surface area contributed by atoms with Crippen LogP contribution in [0.15, 0.2) is 18.2 Å². The number of fused-ring (bicyclic) bond motifs is 1. The zero-order chi connectivity index (χ0) is 19.6. The predicted octanol–water partition coefficient (Wildman–Crippen LogP) is 2.40. The van der Waals surface area contributed by atoms with Gasteiger partial charge in [-0.15, -0.1) is 0 Å². The highest BCUT2D eigenvalue weighted by atomic mass is 16.4. The quantitative estimate of drug-likeness (QED) is 0.730. The summed E-state index contributed by atoms with van der Waals surface area (Å²) in [5, 5.41) is 12.6. The summed E-state index contributed by atoms with van der Waals surface area (Å²) in [5.74, 6) is -1.37. The van der Waals surface area contributed by atoms with Crippen molar-refractivity contribution in [3.63, 3.8) is 0 Å². The zero-order valence-corrected chi connectivity index (χ0v) is 15.9. The zero-order valence-electron chi connectivity index (χ0n) is 15.9. The van der Waals surface area contributed by atoms with Crippen LogP contribution in [-0.4, -0.2) is 48.1 Å². The molecule has 1 fully saturated rings. The normalized spacial score (nSPS) is 17.6. The number of amides is 2. The molecule has 3 rings (SSSR count). The average molecular weight is 373 g/mol. The van der Waals surface area contributed by atoms with Crippen LogP contribution in [0.4, 0.5) is 11.4 Å². The van der Waals surface area contributed by atoms with Crippen LogP contribution >= 0.6 is 0 Å². The number of carbonyl (C=O) groups is 3. The fourth-order valence-corrected chi connectivity index (χ4v) is 3.59. The van der Waals surface area contributed by atoms with Gasteiger partial charge in [0.25, 0.3) is 0 Å². The van der Waals surface area contributed by atoms with E-state index >= 15 is 0 Å². The summed E-state index contributed by atoms with van der Waals surface area (Å²) >= 11 is 0. The van der Waals surface area contributed by atoms with Crippen molar-refractivity contribution in [2.24, 2.45) is 0 Å². The molecule has 2 aliphatic rings. The van der Waals surface area contributed by atoms with Gasteiger partial charge < -0.3 is 15.3 Å². The van der Waals surface area contributed by atoms with E-state index in [9.17, 15) is 19.5 Å². The molecule has 1 aromatic rings. The Morgan fingerprint density at radius 3 is 2.59 bits per heavy atom. The summed E-state index contributed by atoms with van der Waals surface area (Å²) in [5.41, 5.74) is 1.26. The minimum atomic E-state index is -1.05. The smallest absolute Gasteiger partial charge is 0.335 e. The van der Waals surface area contributed by atoms with E-state index < -0.39 is 5.97 Å². The molecule has 0 saturated heterocycles. The molecule has 2 amide bonds. The first kappa shape index (κ1) is 19.4. The fraction of sp³-hybridized carbons (Fsp3) is 0.550. The second-order valence-electron chi connectivity index (χ2n) is 7.26. The van der Waals surface area contributed by atoms with E-state index in [-0.39, 0.29) is 42.6 Å². The van der Waals surface area contributed by atoms with Gasteiger partial charge in [0.15, 0.2) is 0 Å². The highest BCUT2D eigenvalue weighted by molar-refractivity contribution is 6.12. The highest BCUT2D eigenvalue weighted by Crippen LogP contribution is 2.41. The molecule has 146 valence electrons. The summed E-state index contributed by atoms with van der Waals surface area (Å²) < 4.78 is 0. The van der Waals surface area contributed by atoms with E-state index in [2.05, 4.69) is 19.2 Å². The van der Waals surface area contributed by atoms with Crippen LogP contribution in [0.3, 0.4) is 0 Å². The number of anilines is 2. The van der Waals surface area contributed by atoms with Gasteiger partial charge in [-0.3, -0.25) is 14.5 Å². The second-order valence-corrected chi connectivity index (χ2v) is 7.26. The number of hydrogen-bond donors (Lipinski definition) is 2. The second kappa shape index (κ2) is 8.08. The third-order valence-electron chi connectivity index (χ3n) is 5.22. The number of carbonyl (C=O) groups excluding carboxylic acids is 2. The van der Waals surface area contributed by atoms with E-state index in [0.29, 0.717) is 11.4 Å². The first-order valence-corrected chi connectivity index (χ1v) is 9.69. The van der Waals surface area contributed by atoms with Crippen molar-refractivity contribution in [2.75, 3.05) is 22.9 Å². The van der Waals surface area contributed by atoms with Crippen molar-refractivity contribution in [2.45, 2.75) is 58.0 Å². The van der Waals surface area contributed by atoms with Crippen molar-refractivity contribution in [1.29, 1.82) is 0 Å². The van der Waals surface area contributed by atoms with Crippen LogP contribution in [0.25, 0.3) is 0 Å². The van der Waals surface area contributed by atoms with Crippen LogP contribution in [0.2, 0.25) is 0 Å². The molecule has 0 aromatic heterocycles. The Morgan fingerprint density at radius 1 is 1.26 bits per heavy atom. The number of hydrogen-bond acceptors (Lipinski definition) is 4. The molecular weight excluding hydrogens is 346 g/mol. The van der Waals surface area contributed by atoms with Crippen LogP contribution < -0.4 is 15.1 Å². The van der Waals surface area contributed by atoms with Crippen molar-refractivity contribution >= 4 is 29.2 Å². The molecular formula is C20H27N3O4. The molecule has 1 unspecified atom stereocenters. The maximum absolute atomic E-state index is 12.8. The summed E-state index contributed by atoms with van der Waals surface area (Å²) in [6.07, 6.45) is 4.82. The minimum Gasteiger partial charge on any atom is -0.478 e. The standard InChI is InChI=1S/C20H27N3O4/c1-3-5-14(4-2)21-11-18(24)22-12-19(25)23(15-7-8-15)16-9-6-13(20(26)27)10-17(16)22/h6,9-10,14-15,21H,3-5,7-8,11-12H2,1-2H3,(H,26,27). The third-order valence-corrected chi connectivity index (χ3v) is 5.22. The molecule has 1 atom stereocenters. The largest absolute Gasteiger partial charge is 0.478 e. The molecule has 1 aromatic carbocycles. The molecule has 0 bridgehead atoms. The third kappa shape index (κ3) is 4.13. The van der Waals surface area contributed by atoms with Crippen molar-refractivity contribution < 1.29 is 19.5 Å². The molecule has 1 aliphatic heterocycles. The number of rotatable bonds is 8. The SMILES string of the molecule is CCCC(CC)NCC(=O)N1CC(=O)N(C2CC2)c2ccc(C(=O)O)cc21. The maximum Gasteiger partial charge on any atom is 0.335 e. The number of nitrogens with one attached hydrogen (secondary N) is 1. The van der Waals surface area contributed by atoms with E-state index in [0.717, 1.165) is 32.1 Å². The molecule has 1 saturated carbocycles. The Morgan fingerprint density at radius 2 is 2.00 bits per heavy atom. The number of carboxylic acid groups (broad SMARTS) is 1. The lowest BCUT2D eigenvalue weighted by molar-refractivity contribution is -0.122. The Kier molecular flexibility index (Phi) is 5.79. The maximum atomic E-state index is 12.8. The average Bonchev–Trinajstić information content (AvgIpc) is 3.48. The minimum absolute atomic E-state index is 0.0440. The Balaban J connectivity index is 1.86. The van der Waals surface area contributed by atoms with Crippen LogP contribution in [0, 0.1) is 0 Å². The number of carboxylic acids is 1. The predicted molar refractivity (Wildman–Crippen MR) is 103 cm³/mol. The lowest BCUT2D eigenvalue weighted by atomic mass is 10.1. The molecule has 27 heavy (non-hydrogen) atoms. The van der Waals surface area contributed by atoms with Crippen molar-refractivity contribution in [3.8, 4) is 0 Å². The van der Waals surface area contributed by atoms with E-state index in [1.165, 1.54) is 17.0 Å². The van der Waals surface area contributed by atoms with E-state index in [1.807, 2.05) is 0 Å². The van der Waals surface area contributed by atoms with Gasteiger partial charge in [0.05, 0.1) is 23.5 Å². The fourth-order valence-electron chi connectivity index (χ4n) is 3.59. The molecule has 1 aliphatic carbocycles. The Labute approximate surface area is 159 Å². The lowest BCUT2D eigenvalue weighted by Crippen LogP contribution is -2.51.